The van der Waals surface area contributed by atoms with Gasteiger partial charge < -0.3 is 0 Å². The Morgan fingerprint density at radius 1 is 1.33 bits per heavy atom. The molecule has 1 rings (SSSR count). The first kappa shape index (κ1) is 9.24. The van der Waals surface area contributed by atoms with Crippen LogP contribution in [0.1, 0.15) is 31.7 Å². The highest BCUT2D eigenvalue weighted by atomic mass is 14.6. The maximum absolute atomic E-state index is 3.98. The first-order chi connectivity index (χ1) is 5.93. The van der Waals surface area contributed by atoms with E-state index < -0.39 is 0 Å². The summed E-state index contributed by atoms with van der Waals surface area (Å²) in [5.74, 6) is 0. The van der Waals surface area contributed by atoms with E-state index in [0.717, 1.165) is 6.42 Å². The second kappa shape index (κ2) is 5.76. The molecule has 0 saturated carbocycles. The topological polar surface area (TPSA) is 12.9 Å². The van der Waals surface area contributed by atoms with E-state index in [1.54, 1.807) is 0 Å². The molecule has 65 valence electrons. The molecule has 1 aromatic heterocycles. The van der Waals surface area contributed by atoms with Crippen molar-refractivity contribution in [2.75, 3.05) is 0 Å². The highest BCUT2D eigenvalue weighted by Gasteiger charge is 1.91. The van der Waals surface area contributed by atoms with Gasteiger partial charge >= 0.3 is 0 Å². The van der Waals surface area contributed by atoms with Crippen LogP contribution in [0, 0.1) is 6.42 Å². The highest BCUT2D eigenvalue weighted by Crippen LogP contribution is 2.04. The second-order valence-corrected chi connectivity index (χ2v) is 2.99. The summed E-state index contributed by atoms with van der Waals surface area (Å²) < 4.78 is 0. The molecule has 0 bridgehead atoms. The summed E-state index contributed by atoms with van der Waals surface area (Å²) in [6.45, 7) is 2.22. The summed E-state index contributed by atoms with van der Waals surface area (Å²) >= 11 is 0. The fourth-order valence-electron chi connectivity index (χ4n) is 1.14. The lowest BCUT2D eigenvalue weighted by Gasteiger charge is -1.98. The first-order valence-electron chi connectivity index (χ1n) is 4.64. The average Bonchev–Trinajstić information content (AvgIpc) is 2.14. The quantitative estimate of drug-likeness (QED) is 0.606. The van der Waals surface area contributed by atoms with Gasteiger partial charge in [-0.05, 0) is 37.0 Å². The Morgan fingerprint density at radius 2 is 2.08 bits per heavy atom. The SMILES string of the molecule is CCCC[CH]Cc1ccncc1. The Balaban J connectivity index is 2.16. The van der Waals surface area contributed by atoms with Crippen LogP contribution in [-0.4, -0.2) is 4.98 Å². The Labute approximate surface area is 74.8 Å². The third-order valence-electron chi connectivity index (χ3n) is 1.89. The number of rotatable bonds is 5. The van der Waals surface area contributed by atoms with Crippen molar-refractivity contribution in [2.45, 2.75) is 32.6 Å². The largest absolute Gasteiger partial charge is 0.265 e. The standard InChI is InChI=1S/C11H16N/c1-2-3-4-5-6-11-7-9-12-10-8-11/h5,7-10H,2-4,6H2,1H3. The van der Waals surface area contributed by atoms with Gasteiger partial charge in [-0.1, -0.05) is 19.8 Å². The van der Waals surface area contributed by atoms with Crippen LogP contribution in [0.25, 0.3) is 0 Å². The Bertz CT molecular complexity index is 193. The smallest absolute Gasteiger partial charge is 0.0270 e. The molecule has 0 unspecified atom stereocenters. The van der Waals surface area contributed by atoms with Crippen LogP contribution in [0.5, 0.6) is 0 Å². The molecular weight excluding hydrogens is 146 g/mol. The van der Waals surface area contributed by atoms with Gasteiger partial charge in [0, 0.05) is 12.4 Å². The van der Waals surface area contributed by atoms with Crippen molar-refractivity contribution in [1.82, 2.24) is 4.98 Å². The fraction of sp³-hybridized carbons (Fsp3) is 0.455. The molecule has 12 heavy (non-hydrogen) atoms. The van der Waals surface area contributed by atoms with Crippen LogP contribution >= 0.6 is 0 Å². The zero-order valence-corrected chi connectivity index (χ0v) is 7.66. The van der Waals surface area contributed by atoms with E-state index in [4.69, 9.17) is 0 Å². The van der Waals surface area contributed by atoms with Crippen molar-refractivity contribution in [3.8, 4) is 0 Å². The summed E-state index contributed by atoms with van der Waals surface area (Å²) in [6, 6.07) is 4.14. The molecule has 1 radical (unpaired) electrons. The van der Waals surface area contributed by atoms with Gasteiger partial charge in [-0.25, -0.2) is 0 Å². The molecule has 1 nitrogen and oxygen atoms in total. The molecule has 0 aliphatic rings. The monoisotopic (exact) mass is 162 g/mol. The third-order valence-corrected chi connectivity index (χ3v) is 1.89. The summed E-state index contributed by atoms with van der Waals surface area (Å²) in [4.78, 5) is 3.98. The summed E-state index contributed by atoms with van der Waals surface area (Å²) in [5.41, 5.74) is 1.36. The minimum Gasteiger partial charge on any atom is -0.265 e. The van der Waals surface area contributed by atoms with Gasteiger partial charge in [-0.15, -0.1) is 0 Å². The minimum absolute atomic E-state index is 1.09. The average molecular weight is 162 g/mol. The van der Waals surface area contributed by atoms with E-state index in [9.17, 15) is 0 Å². The van der Waals surface area contributed by atoms with Gasteiger partial charge in [0.15, 0.2) is 0 Å². The van der Waals surface area contributed by atoms with E-state index in [2.05, 4.69) is 30.5 Å². The van der Waals surface area contributed by atoms with E-state index in [1.165, 1.54) is 24.8 Å². The third kappa shape index (κ3) is 3.51. The van der Waals surface area contributed by atoms with Crippen molar-refractivity contribution in [2.24, 2.45) is 0 Å². The molecule has 0 amide bonds. The van der Waals surface area contributed by atoms with Gasteiger partial charge in [0.2, 0.25) is 0 Å². The van der Waals surface area contributed by atoms with Crippen molar-refractivity contribution in [3.05, 3.63) is 36.5 Å². The number of unbranched alkanes of at least 4 members (excludes halogenated alkanes) is 3. The maximum atomic E-state index is 3.98. The van der Waals surface area contributed by atoms with E-state index in [0.29, 0.717) is 0 Å². The van der Waals surface area contributed by atoms with Crippen molar-refractivity contribution >= 4 is 0 Å². The summed E-state index contributed by atoms with van der Waals surface area (Å²) in [7, 11) is 0. The molecule has 0 atom stereocenters. The van der Waals surface area contributed by atoms with E-state index in [-0.39, 0.29) is 0 Å². The zero-order valence-electron chi connectivity index (χ0n) is 7.66. The molecule has 1 aromatic rings. The van der Waals surface area contributed by atoms with Crippen LogP contribution < -0.4 is 0 Å². The Morgan fingerprint density at radius 3 is 2.75 bits per heavy atom. The lowest BCUT2D eigenvalue weighted by atomic mass is 10.1. The normalized spacial score (nSPS) is 10.1. The highest BCUT2D eigenvalue weighted by molar-refractivity contribution is 5.11. The summed E-state index contributed by atoms with van der Waals surface area (Å²) in [5, 5.41) is 0. The maximum Gasteiger partial charge on any atom is 0.0270 e. The summed E-state index contributed by atoms with van der Waals surface area (Å²) in [6.07, 6.45) is 11.0. The lowest BCUT2D eigenvalue weighted by Crippen LogP contribution is -1.86. The molecule has 0 saturated heterocycles. The Kier molecular flexibility index (Phi) is 4.43. The fourth-order valence-corrected chi connectivity index (χ4v) is 1.14. The van der Waals surface area contributed by atoms with E-state index in [1.807, 2.05) is 12.4 Å². The van der Waals surface area contributed by atoms with Crippen LogP contribution in [0.2, 0.25) is 0 Å². The first-order valence-corrected chi connectivity index (χ1v) is 4.64. The molecule has 1 heterocycles. The lowest BCUT2D eigenvalue weighted by molar-refractivity contribution is 0.767. The van der Waals surface area contributed by atoms with Gasteiger partial charge in [-0.3, -0.25) is 4.98 Å². The predicted octanol–water partition coefficient (Wildman–Crippen LogP) is 3.02. The number of aromatic nitrogens is 1. The van der Waals surface area contributed by atoms with Crippen LogP contribution in [0.3, 0.4) is 0 Å². The van der Waals surface area contributed by atoms with Gasteiger partial charge in [-0.2, -0.15) is 0 Å². The van der Waals surface area contributed by atoms with Crippen molar-refractivity contribution in [1.29, 1.82) is 0 Å². The van der Waals surface area contributed by atoms with Crippen LogP contribution in [-0.2, 0) is 6.42 Å². The molecule has 1 heteroatoms. The van der Waals surface area contributed by atoms with Gasteiger partial charge in [0.1, 0.15) is 0 Å². The molecule has 0 aliphatic heterocycles. The number of pyridine rings is 1. The minimum atomic E-state index is 1.09. The Hall–Kier alpha value is -0.850. The number of nitrogens with zero attached hydrogens (tertiary/aromatic N) is 1. The molecular formula is C11H16N. The van der Waals surface area contributed by atoms with Gasteiger partial charge in [0.05, 0.1) is 0 Å². The van der Waals surface area contributed by atoms with Crippen molar-refractivity contribution < 1.29 is 0 Å². The van der Waals surface area contributed by atoms with Gasteiger partial charge in [0.25, 0.3) is 0 Å². The molecule has 0 fully saturated rings. The molecule has 0 aliphatic carbocycles. The molecule has 0 N–H and O–H groups in total. The predicted molar refractivity (Wildman–Crippen MR) is 51.8 cm³/mol. The number of hydrogen-bond donors (Lipinski definition) is 0. The number of hydrogen-bond acceptors (Lipinski definition) is 1. The molecule has 0 spiro atoms. The van der Waals surface area contributed by atoms with E-state index >= 15 is 0 Å². The molecule has 0 aromatic carbocycles. The van der Waals surface area contributed by atoms with Crippen LogP contribution in [0.4, 0.5) is 0 Å². The zero-order chi connectivity index (χ0) is 8.65. The second-order valence-electron chi connectivity index (χ2n) is 2.99. The van der Waals surface area contributed by atoms with Crippen LogP contribution in [0.15, 0.2) is 24.5 Å². The van der Waals surface area contributed by atoms with Crippen molar-refractivity contribution in [3.63, 3.8) is 0 Å².